The number of rotatable bonds is 3. The molecule has 1 rings (SSSR count). The molecule has 0 aliphatic heterocycles. The first-order chi connectivity index (χ1) is 7.04. The summed E-state index contributed by atoms with van der Waals surface area (Å²) in [4.78, 5) is 0. The van der Waals surface area contributed by atoms with Gasteiger partial charge in [0, 0.05) is 5.75 Å². The molecular formula is C13H17NS. The molecule has 0 N–H and O–H groups in total. The van der Waals surface area contributed by atoms with Gasteiger partial charge in [0.05, 0.1) is 0 Å². The maximum atomic E-state index is 8.41. The smallest absolute Gasteiger partial charge is 0.133 e. The second-order valence-electron chi connectivity index (χ2n) is 4.64. The van der Waals surface area contributed by atoms with E-state index in [1.54, 1.807) is 0 Å². The van der Waals surface area contributed by atoms with Crippen molar-refractivity contribution in [3.63, 3.8) is 0 Å². The Morgan fingerprint density at radius 3 is 2.27 bits per heavy atom. The van der Waals surface area contributed by atoms with E-state index in [0.717, 1.165) is 12.2 Å². The van der Waals surface area contributed by atoms with Gasteiger partial charge in [-0.2, -0.15) is 5.26 Å². The molecule has 0 aliphatic rings. The van der Waals surface area contributed by atoms with Crippen LogP contribution in [0.15, 0.2) is 24.3 Å². The molecule has 0 amide bonds. The number of hydrogen-bond acceptors (Lipinski definition) is 2. The summed E-state index contributed by atoms with van der Waals surface area (Å²) in [5, 5.41) is 10.5. The van der Waals surface area contributed by atoms with E-state index in [4.69, 9.17) is 5.26 Å². The minimum atomic E-state index is 0.222. The van der Waals surface area contributed by atoms with Crippen molar-refractivity contribution in [1.29, 1.82) is 5.26 Å². The molecule has 0 heterocycles. The fraction of sp³-hybridized carbons (Fsp3) is 0.462. The zero-order valence-corrected chi connectivity index (χ0v) is 10.4. The number of benzene rings is 1. The molecule has 0 spiro atoms. The average molecular weight is 219 g/mol. The van der Waals surface area contributed by atoms with Crippen LogP contribution in [0.1, 0.15) is 31.9 Å². The molecule has 2 heteroatoms. The van der Waals surface area contributed by atoms with Gasteiger partial charge in [0.25, 0.3) is 0 Å². The Balaban J connectivity index is 2.61. The van der Waals surface area contributed by atoms with Crippen LogP contribution in [0.25, 0.3) is 0 Å². The largest absolute Gasteiger partial charge is 0.185 e. The van der Waals surface area contributed by atoms with Gasteiger partial charge in [-0.3, -0.25) is 0 Å². The van der Waals surface area contributed by atoms with Gasteiger partial charge < -0.3 is 0 Å². The van der Waals surface area contributed by atoms with Crippen LogP contribution < -0.4 is 0 Å². The van der Waals surface area contributed by atoms with Crippen molar-refractivity contribution < 1.29 is 0 Å². The van der Waals surface area contributed by atoms with E-state index in [9.17, 15) is 0 Å². The second-order valence-corrected chi connectivity index (χ2v) is 5.52. The Labute approximate surface area is 96.5 Å². The third-order valence-corrected chi connectivity index (χ3v) is 2.91. The summed E-state index contributed by atoms with van der Waals surface area (Å²) in [5.74, 6) is 0.880. The molecule has 1 aromatic rings. The van der Waals surface area contributed by atoms with Gasteiger partial charge in [-0.05, 0) is 34.7 Å². The summed E-state index contributed by atoms with van der Waals surface area (Å²) in [6.07, 6.45) is 0.975. The molecule has 0 bridgehead atoms. The van der Waals surface area contributed by atoms with Gasteiger partial charge in [0.15, 0.2) is 0 Å². The van der Waals surface area contributed by atoms with Crippen molar-refractivity contribution >= 4 is 11.8 Å². The highest BCUT2D eigenvalue weighted by Crippen LogP contribution is 2.22. The van der Waals surface area contributed by atoms with Crippen LogP contribution in [0.4, 0.5) is 0 Å². The van der Waals surface area contributed by atoms with Crippen LogP contribution in [0.2, 0.25) is 0 Å². The number of nitriles is 1. The molecule has 80 valence electrons. The summed E-state index contributed by atoms with van der Waals surface area (Å²) in [7, 11) is 0. The first kappa shape index (κ1) is 12.1. The molecule has 0 unspecified atom stereocenters. The van der Waals surface area contributed by atoms with Crippen molar-refractivity contribution in [3.8, 4) is 5.40 Å². The van der Waals surface area contributed by atoms with Crippen LogP contribution in [-0.4, -0.2) is 5.75 Å². The van der Waals surface area contributed by atoms with Crippen molar-refractivity contribution in [2.45, 2.75) is 32.6 Å². The van der Waals surface area contributed by atoms with Crippen molar-refractivity contribution in [3.05, 3.63) is 35.4 Å². The Kier molecular flexibility index (Phi) is 4.23. The molecule has 0 aromatic heterocycles. The first-order valence-corrected chi connectivity index (χ1v) is 6.13. The van der Waals surface area contributed by atoms with E-state index >= 15 is 0 Å². The molecule has 0 fully saturated rings. The van der Waals surface area contributed by atoms with E-state index in [1.807, 2.05) is 0 Å². The highest BCUT2D eigenvalue weighted by molar-refractivity contribution is 8.03. The molecule has 0 saturated heterocycles. The van der Waals surface area contributed by atoms with Crippen LogP contribution in [-0.2, 0) is 11.8 Å². The van der Waals surface area contributed by atoms with Crippen molar-refractivity contribution in [2.24, 2.45) is 0 Å². The minimum Gasteiger partial charge on any atom is -0.185 e. The SMILES string of the molecule is CC(C)(C)c1ccc(CCSC#N)cc1. The minimum absolute atomic E-state index is 0.222. The summed E-state index contributed by atoms with van der Waals surface area (Å²) < 4.78 is 0. The Morgan fingerprint density at radius 2 is 1.80 bits per heavy atom. The van der Waals surface area contributed by atoms with Crippen LogP contribution >= 0.6 is 11.8 Å². The lowest BCUT2D eigenvalue weighted by Crippen LogP contribution is -2.10. The van der Waals surface area contributed by atoms with Gasteiger partial charge in [0.1, 0.15) is 5.40 Å². The van der Waals surface area contributed by atoms with Crippen molar-refractivity contribution in [2.75, 3.05) is 5.75 Å². The quantitative estimate of drug-likeness (QED) is 0.571. The van der Waals surface area contributed by atoms with Gasteiger partial charge in [-0.25, -0.2) is 0 Å². The fourth-order valence-electron chi connectivity index (χ4n) is 1.39. The lowest BCUT2D eigenvalue weighted by molar-refractivity contribution is 0.590. The number of nitrogens with zero attached hydrogens (tertiary/aromatic N) is 1. The maximum absolute atomic E-state index is 8.41. The Morgan fingerprint density at radius 1 is 1.20 bits per heavy atom. The second kappa shape index (κ2) is 5.23. The van der Waals surface area contributed by atoms with Gasteiger partial charge >= 0.3 is 0 Å². The monoisotopic (exact) mass is 219 g/mol. The lowest BCUT2D eigenvalue weighted by atomic mass is 9.86. The molecule has 0 aliphatic carbocycles. The van der Waals surface area contributed by atoms with Crippen LogP contribution in [0.3, 0.4) is 0 Å². The lowest BCUT2D eigenvalue weighted by Gasteiger charge is -2.19. The normalized spacial score (nSPS) is 11.1. The van der Waals surface area contributed by atoms with E-state index in [1.165, 1.54) is 22.9 Å². The molecule has 0 atom stereocenters. The van der Waals surface area contributed by atoms with E-state index < -0.39 is 0 Å². The molecular weight excluding hydrogens is 202 g/mol. The average Bonchev–Trinajstić information content (AvgIpc) is 2.18. The summed E-state index contributed by atoms with van der Waals surface area (Å²) in [5.41, 5.74) is 2.89. The molecule has 1 nitrogen and oxygen atoms in total. The standard InChI is InChI=1S/C13H17NS/c1-13(2,3)12-6-4-11(5-7-12)8-9-15-10-14/h4-7H,8-9H2,1-3H3. The topological polar surface area (TPSA) is 23.8 Å². The molecule has 0 radical (unpaired) electrons. The number of thioether (sulfide) groups is 1. The highest BCUT2D eigenvalue weighted by atomic mass is 32.2. The van der Waals surface area contributed by atoms with Gasteiger partial charge in [0.2, 0.25) is 0 Å². The van der Waals surface area contributed by atoms with Crippen molar-refractivity contribution in [1.82, 2.24) is 0 Å². The maximum Gasteiger partial charge on any atom is 0.133 e. The Bertz CT molecular complexity index is 340. The molecule has 15 heavy (non-hydrogen) atoms. The molecule has 1 aromatic carbocycles. The highest BCUT2D eigenvalue weighted by Gasteiger charge is 2.12. The van der Waals surface area contributed by atoms with E-state index in [0.29, 0.717) is 0 Å². The first-order valence-electron chi connectivity index (χ1n) is 5.14. The fourth-order valence-corrected chi connectivity index (χ4v) is 1.81. The van der Waals surface area contributed by atoms with E-state index in [2.05, 4.69) is 50.4 Å². The van der Waals surface area contributed by atoms with E-state index in [-0.39, 0.29) is 5.41 Å². The van der Waals surface area contributed by atoms with Crippen LogP contribution in [0, 0.1) is 10.7 Å². The number of hydrogen-bond donors (Lipinski definition) is 0. The molecule has 0 saturated carbocycles. The summed E-state index contributed by atoms with van der Waals surface area (Å²) in [6, 6.07) is 8.70. The Hall–Kier alpha value is -0.940. The predicted molar refractivity (Wildman–Crippen MR) is 66.9 cm³/mol. The summed E-state index contributed by atoms with van der Waals surface area (Å²) in [6.45, 7) is 6.65. The zero-order valence-electron chi connectivity index (χ0n) is 9.58. The number of aryl methyl sites for hydroxylation is 1. The number of thiocyanates is 1. The third-order valence-electron chi connectivity index (χ3n) is 2.38. The zero-order chi connectivity index (χ0) is 11.3. The van der Waals surface area contributed by atoms with Gasteiger partial charge in [-0.15, -0.1) is 0 Å². The van der Waals surface area contributed by atoms with Crippen LogP contribution in [0.5, 0.6) is 0 Å². The summed E-state index contributed by atoms with van der Waals surface area (Å²) >= 11 is 1.32. The predicted octanol–water partition coefficient (Wildman–Crippen LogP) is 3.74. The van der Waals surface area contributed by atoms with Gasteiger partial charge in [-0.1, -0.05) is 45.0 Å². The third kappa shape index (κ3) is 3.97.